The number of aryl methyl sites for hydroxylation is 2. The number of carbonyl (C=O) groups is 2. The van der Waals surface area contributed by atoms with Crippen molar-refractivity contribution in [2.24, 2.45) is 0 Å². The number of amides is 2. The van der Waals surface area contributed by atoms with Crippen LogP contribution in [0.5, 0.6) is 0 Å². The fourth-order valence-corrected chi connectivity index (χ4v) is 2.74. The molecule has 0 bridgehead atoms. The van der Waals surface area contributed by atoms with Gasteiger partial charge in [0.2, 0.25) is 0 Å². The molecule has 0 atom stereocenters. The summed E-state index contributed by atoms with van der Waals surface area (Å²) in [6, 6.07) is 15.3. The summed E-state index contributed by atoms with van der Waals surface area (Å²) >= 11 is 0. The van der Waals surface area contributed by atoms with Crippen LogP contribution in [0.15, 0.2) is 54.7 Å². The number of benzene rings is 1. The summed E-state index contributed by atoms with van der Waals surface area (Å²) in [5, 5.41) is 4.23. The van der Waals surface area contributed by atoms with Crippen molar-refractivity contribution in [1.82, 2.24) is 25.2 Å². The SMILES string of the molecule is Cc1cc(C)n(CC(=O)NNC(=O)c2cccn2Cc2ccccc2)n1. The van der Waals surface area contributed by atoms with E-state index in [1.807, 2.05) is 61.0 Å². The minimum atomic E-state index is -0.368. The molecule has 0 aliphatic rings. The number of carbonyl (C=O) groups excluding carboxylic acids is 2. The molecular formula is C19H21N5O2. The van der Waals surface area contributed by atoms with Crippen molar-refractivity contribution < 1.29 is 9.59 Å². The molecule has 2 N–H and O–H groups in total. The van der Waals surface area contributed by atoms with Gasteiger partial charge in [-0.3, -0.25) is 25.1 Å². The van der Waals surface area contributed by atoms with Crippen LogP contribution < -0.4 is 10.9 Å². The molecule has 0 saturated heterocycles. The first kappa shape index (κ1) is 17.5. The Labute approximate surface area is 151 Å². The molecule has 3 aromatic rings. The minimum absolute atomic E-state index is 0.0466. The van der Waals surface area contributed by atoms with Gasteiger partial charge >= 0.3 is 0 Å². The first-order chi connectivity index (χ1) is 12.5. The zero-order chi connectivity index (χ0) is 18.5. The highest BCUT2D eigenvalue weighted by Crippen LogP contribution is 2.07. The van der Waals surface area contributed by atoms with Gasteiger partial charge < -0.3 is 4.57 Å². The van der Waals surface area contributed by atoms with Crippen LogP contribution in [0, 0.1) is 13.8 Å². The lowest BCUT2D eigenvalue weighted by Crippen LogP contribution is -2.44. The molecule has 2 aromatic heterocycles. The van der Waals surface area contributed by atoms with E-state index >= 15 is 0 Å². The van der Waals surface area contributed by atoms with Gasteiger partial charge in [0.05, 0.1) is 5.69 Å². The molecule has 0 aliphatic carbocycles. The number of hydrogen-bond donors (Lipinski definition) is 2. The molecular weight excluding hydrogens is 330 g/mol. The van der Waals surface area contributed by atoms with Crippen LogP contribution in [0.1, 0.15) is 27.4 Å². The van der Waals surface area contributed by atoms with Crippen molar-refractivity contribution in [3.63, 3.8) is 0 Å². The number of aromatic nitrogens is 3. The van der Waals surface area contributed by atoms with Gasteiger partial charge in [-0.15, -0.1) is 0 Å². The fourth-order valence-electron chi connectivity index (χ4n) is 2.74. The molecule has 7 heteroatoms. The van der Waals surface area contributed by atoms with E-state index in [1.165, 1.54) is 0 Å². The molecule has 0 fully saturated rings. The highest BCUT2D eigenvalue weighted by molar-refractivity contribution is 5.94. The molecule has 1 aromatic carbocycles. The summed E-state index contributed by atoms with van der Waals surface area (Å²) in [5.41, 5.74) is 8.19. The number of hydrazine groups is 1. The van der Waals surface area contributed by atoms with E-state index in [1.54, 1.807) is 16.8 Å². The zero-order valence-electron chi connectivity index (χ0n) is 14.8. The van der Waals surface area contributed by atoms with Crippen LogP contribution in [0.3, 0.4) is 0 Å². The van der Waals surface area contributed by atoms with Gasteiger partial charge in [0.25, 0.3) is 11.8 Å². The lowest BCUT2D eigenvalue weighted by Gasteiger charge is -2.11. The zero-order valence-corrected chi connectivity index (χ0v) is 14.8. The topological polar surface area (TPSA) is 81.0 Å². The van der Waals surface area contributed by atoms with Crippen molar-refractivity contribution in [2.45, 2.75) is 26.9 Å². The number of rotatable bonds is 5. The molecule has 2 amide bonds. The van der Waals surface area contributed by atoms with E-state index in [4.69, 9.17) is 0 Å². The van der Waals surface area contributed by atoms with Gasteiger partial charge in [-0.1, -0.05) is 30.3 Å². The molecule has 134 valence electrons. The summed E-state index contributed by atoms with van der Waals surface area (Å²) in [7, 11) is 0. The highest BCUT2D eigenvalue weighted by atomic mass is 16.2. The van der Waals surface area contributed by atoms with Crippen LogP contribution >= 0.6 is 0 Å². The third kappa shape index (κ3) is 4.18. The Morgan fingerprint density at radius 2 is 1.81 bits per heavy atom. The van der Waals surface area contributed by atoms with E-state index in [0.29, 0.717) is 12.2 Å². The Balaban J connectivity index is 1.58. The minimum Gasteiger partial charge on any atom is -0.339 e. The first-order valence-corrected chi connectivity index (χ1v) is 8.32. The smallest absolute Gasteiger partial charge is 0.286 e. The average molecular weight is 351 g/mol. The predicted molar refractivity (Wildman–Crippen MR) is 97.3 cm³/mol. The van der Waals surface area contributed by atoms with Gasteiger partial charge in [0.1, 0.15) is 12.2 Å². The summed E-state index contributed by atoms with van der Waals surface area (Å²) in [4.78, 5) is 24.4. The van der Waals surface area contributed by atoms with E-state index in [2.05, 4.69) is 16.0 Å². The second-order valence-electron chi connectivity index (χ2n) is 6.09. The third-order valence-electron chi connectivity index (χ3n) is 3.97. The molecule has 0 saturated carbocycles. The van der Waals surface area contributed by atoms with E-state index in [0.717, 1.165) is 17.0 Å². The molecule has 3 rings (SSSR count). The molecule has 2 heterocycles. The Morgan fingerprint density at radius 3 is 2.50 bits per heavy atom. The monoisotopic (exact) mass is 351 g/mol. The van der Waals surface area contributed by atoms with Crippen molar-refractivity contribution >= 4 is 11.8 Å². The second kappa shape index (κ2) is 7.69. The maximum Gasteiger partial charge on any atom is 0.286 e. The van der Waals surface area contributed by atoms with E-state index < -0.39 is 0 Å². The summed E-state index contributed by atoms with van der Waals surface area (Å²) in [6.45, 7) is 4.37. The summed E-state index contributed by atoms with van der Waals surface area (Å²) in [5.74, 6) is -0.710. The second-order valence-corrected chi connectivity index (χ2v) is 6.09. The van der Waals surface area contributed by atoms with Gasteiger partial charge in [-0.2, -0.15) is 5.10 Å². The summed E-state index contributed by atoms with van der Waals surface area (Å²) < 4.78 is 3.42. The quantitative estimate of drug-likeness (QED) is 0.688. The Morgan fingerprint density at radius 1 is 1.04 bits per heavy atom. The lowest BCUT2D eigenvalue weighted by molar-refractivity contribution is -0.122. The fraction of sp³-hybridized carbons (Fsp3) is 0.211. The van der Waals surface area contributed by atoms with Gasteiger partial charge in [0, 0.05) is 18.4 Å². The number of hydrogen-bond acceptors (Lipinski definition) is 3. The molecule has 26 heavy (non-hydrogen) atoms. The maximum absolute atomic E-state index is 12.4. The Bertz CT molecular complexity index is 911. The normalized spacial score (nSPS) is 10.5. The molecule has 0 spiro atoms. The van der Waals surface area contributed by atoms with Crippen LogP contribution in [0.25, 0.3) is 0 Å². The standard InChI is InChI=1S/C19H21N5O2/c1-14-11-15(2)24(22-14)13-18(25)20-21-19(26)17-9-6-10-23(17)12-16-7-4-3-5-8-16/h3-11H,12-13H2,1-2H3,(H,20,25)(H,21,26). The average Bonchev–Trinajstić information content (AvgIpc) is 3.20. The van der Waals surface area contributed by atoms with Crippen molar-refractivity contribution in [1.29, 1.82) is 0 Å². The molecule has 7 nitrogen and oxygen atoms in total. The number of nitrogens with zero attached hydrogens (tertiary/aromatic N) is 3. The van der Waals surface area contributed by atoms with Gasteiger partial charge in [-0.25, -0.2) is 0 Å². The lowest BCUT2D eigenvalue weighted by atomic mass is 10.2. The highest BCUT2D eigenvalue weighted by Gasteiger charge is 2.13. The van der Waals surface area contributed by atoms with E-state index in [9.17, 15) is 9.59 Å². The Kier molecular flexibility index (Phi) is 5.17. The van der Waals surface area contributed by atoms with Crippen LogP contribution in [0.2, 0.25) is 0 Å². The summed E-state index contributed by atoms with van der Waals surface area (Å²) in [6.07, 6.45) is 1.83. The molecule has 0 radical (unpaired) electrons. The third-order valence-corrected chi connectivity index (χ3v) is 3.97. The number of nitrogens with one attached hydrogen (secondary N) is 2. The van der Waals surface area contributed by atoms with Crippen LogP contribution in [0.4, 0.5) is 0 Å². The van der Waals surface area contributed by atoms with Crippen molar-refractivity contribution in [3.8, 4) is 0 Å². The maximum atomic E-state index is 12.4. The van der Waals surface area contributed by atoms with Crippen LogP contribution in [-0.2, 0) is 17.9 Å². The molecule has 0 unspecified atom stereocenters. The van der Waals surface area contributed by atoms with E-state index in [-0.39, 0.29) is 18.4 Å². The van der Waals surface area contributed by atoms with Gasteiger partial charge in [0.15, 0.2) is 0 Å². The first-order valence-electron chi connectivity index (χ1n) is 8.32. The van der Waals surface area contributed by atoms with Crippen molar-refractivity contribution in [3.05, 3.63) is 77.4 Å². The largest absolute Gasteiger partial charge is 0.339 e. The Hall–Kier alpha value is -3.35. The van der Waals surface area contributed by atoms with Crippen LogP contribution in [-0.4, -0.2) is 26.2 Å². The van der Waals surface area contributed by atoms with Gasteiger partial charge in [-0.05, 0) is 37.6 Å². The van der Waals surface area contributed by atoms with Crippen molar-refractivity contribution in [2.75, 3.05) is 0 Å². The predicted octanol–water partition coefficient (Wildman–Crippen LogP) is 1.81. The molecule has 0 aliphatic heterocycles.